The number of anilines is 1. The molecule has 2 fully saturated rings. The van der Waals surface area contributed by atoms with Gasteiger partial charge in [0.05, 0.1) is 23.5 Å². The minimum absolute atomic E-state index is 0.147. The van der Waals surface area contributed by atoms with E-state index in [0.29, 0.717) is 5.82 Å². The zero-order chi connectivity index (χ0) is 21.9. The number of aliphatic hydroxyl groups is 1. The number of nitriles is 1. The van der Waals surface area contributed by atoms with Crippen molar-refractivity contribution in [3.05, 3.63) is 71.4 Å². The molecule has 1 amide bonds. The molecule has 3 aromatic rings. The number of benzene rings is 2. The Bertz CT molecular complexity index is 1230. The second kappa shape index (κ2) is 6.63. The number of carbonyl (C=O) groups excluding carboxylic acids is 1. The number of aromatic nitrogens is 1. The molecule has 5 rings (SSSR count). The number of fused-ring (bicyclic) bond motifs is 1. The van der Waals surface area contributed by atoms with Crippen LogP contribution in [0.1, 0.15) is 49.8 Å². The average molecular weight is 412 g/mol. The Hall–Kier alpha value is -3.23. The second-order valence-electron chi connectivity index (χ2n) is 9.59. The largest absolute Gasteiger partial charge is 0.386 e. The number of carbonyl (C=O) groups is 1. The van der Waals surface area contributed by atoms with Crippen LogP contribution in [0.3, 0.4) is 0 Å². The maximum atomic E-state index is 12.5. The first-order chi connectivity index (χ1) is 14.7. The van der Waals surface area contributed by atoms with Crippen LogP contribution in [0.5, 0.6) is 0 Å². The Labute approximate surface area is 181 Å². The highest BCUT2D eigenvalue weighted by Gasteiger charge is 2.75. The van der Waals surface area contributed by atoms with E-state index in [1.165, 1.54) is 0 Å². The van der Waals surface area contributed by atoms with Crippen LogP contribution in [-0.4, -0.2) is 16.0 Å². The molecule has 2 aliphatic rings. The third-order valence-electron chi connectivity index (χ3n) is 6.94. The number of nitrogens with one attached hydrogen (secondary N) is 1. The maximum Gasteiger partial charge on any atom is 0.229 e. The van der Waals surface area contributed by atoms with Gasteiger partial charge in [0.2, 0.25) is 5.91 Å². The first-order valence-electron chi connectivity index (χ1n) is 10.7. The van der Waals surface area contributed by atoms with Crippen LogP contribution in [0.2, 0.25) is 0 Å². The highest BCUT2D eigenvalue weighted by molar-refractivity contribution is 5.94. The predicted octanol–water partition coefficient (Wildman–Crippen LogP) is 4.59. The highest BCUT2D eigenvalue weighted by atomic mass is 16.3. The quantitative estimate of drug-likeness (QED) is 0.643. The number of rotatable bonds is 5. The molecular formula is C26H25N3O2. The fraction of sp³-hybridized carbons (Fsp3) is 0.346. The van der Waals surface area contributed by atoms with E-state index in [9.17, 15) is 15.2 Å². The van der Waals surface area contributed by atoms with Crippen molar-refractivity contribution in [2.75, 3.05) is 5.32 Å². The monoisotopic (exact) mass is 411 g/mol. The molecule has 2 aromatic carbocycles. The first-order valence-corrected chi connectivity index (χ1v) is 10.7. The van der Waals surface area contributed by atoms with E-state index in [2.05, 4.69) is 28.5 Å². The lowest BCUT2D eigenvalue weighted by Crippen LogP contribution is -2.17. The van der Waals surface area contributed by atoms with Crippen molar-refractivity contribution >= 4 is 22.5 Å². The lowest BCUT2D eigenvalue weighted by molar-refractivity contribution is -0.115. The van der Waals surface area contributed by atoms with Gasteiger partial charge >= 0.3 is 0 Å². The van der Waals surface area contributed by atoms with Crippen LogP contribution in [0, 0.1) is 16.7 Å². The summed E-state index contributed by atoms with van der Waals surface area (Å²) in [5, 5.41) is 24.7. The molecule has 0 bridgehead atoms. The number of hydrogen-bond donors (Lipinski definition) is 2. The van der Waals surface area contributed by atoms with E-state index in [-0.39, 0.29) is 23.2 Å². The summed E-state index contributed by atoms with van der Waals surface area (Å²) in [6.45, 7) is 3.47. The van der Waals surface area contributed by atoms with E-state index in [1.54, 1.807) is 20.0 Å². The molecule has 2 aliphatic carbocycles. The molecule has 31 heavy (non-hydrogen) atoms. The number of nitrogens with zero attached hydrogens (tertiary/aromatic N) is 2. The Kier molecular flexibility index (Phi) is 4.22. The lowest BCUT2D eigenvalue weighted by Gasteiger charge is -2.17. The van der Waals surface area contributed by atoms with Gasteiger partial charge < -0.3 is 10.4 Å². The number of hydrogen-bond acceptors (Lipinski definition) is 4. The second-order valence-corrected chi connectivity index (χ2v) is 9.59. The van der Waals surface area contributed by atoms with E-state index >= 15 is 0 Å². The fourth-order valence-electron chi connectivity index (χ4n) is 4.73. The van der Waals surface area contributed by atoms with Gasteiger partial charge in [-0.25, -0.2) is 4.98 Å². The molecule has 1 atom stereocenters. The van der Waals surface area contributed by atoms with Crippen molar-refractivity contribution in [3.8, 4) is 6.07 Å². The van der Waals surface area contributed by atoms with E-state index < -0.39 is 5.60 Å². The van der Waals surface area contributed by atoms with Gasteiger partial charge in [-0.3, -0.25) is 4.79 Å². The minimum Gasteiger partial charge on any atom is -0.386 e. The molecule has 156 valence electrons. The summed E-state index contributed by atoms with van der Waals surface area (Å²) >= 11 is 0. The topological polar surface area (TPSA) is 86.0 Å². The summed E-state index contributed by atoms with van der Waals surface area (Å²) in [7, 11) is 0. The van der Waals surface area contributed by atoms with Crippen LogP contribution in [0.4, 0.5) is 5.82 Å². The number of amides is 1. The Morgan fingerprint density at radius 1 is 1.16 bits per heavy atom. The molecule has 5 nitrogen and oxygen atoms in total. The van der Waals surface area contributed by atoms with Crippen LogP contribution < -0.4 is 5.32 Å². The van der Waals surface area contributed by atoms with E-state index in [0.717, 1.165) is 46.7 Å². The zero-order valence-corrected chi connectivity index (χ0v) is 17.8. The predicted molar refractivity (Wildman–Crippen MR) is 119 cm³/mol. The smallest absolute Gasteiger partial charge is 0.229 e. The molecule has 5 heteroatoms. The molecule has 1 aromatic heterocycles. The van der Waals surface area contributed by atoms with E-state index in [4.69, 9.17) is 0 Å². The lowest BCUT2D eigenvalue weighted by atomic mass is 9.92. The van der Waals surface area contributed by atoms with Gasteiger partial charge in [0.25, 0.3) is 0 Å². The third-order valence-corrected chi connectivity index (χ3v) is 6.94. The molecule has 1 heterocycles. The fourth-order valence-corrected chi connectivity index (χ4v) is 4.73. The summed E-state index contributed by atoms with van der Waals surface area (Å²) in [5.41, 5.74) is 1.74. The highest BCUT2D eigenvalue weighted by Crippen LogP contribution is 2.78. The van der Waals surface area contributed by atoms with Crippen molar-refractivity contribution in [1.29, 1.82) is 5.26 Å². The van der Waals surface area contributed by atoms with Crippen molar-refractivity contribution < 1.29 is 9.90 Å². The molecule has 0 aliphatic heterocycles. The molecule has 1 spiro atoms. The molecule has 0 saturated heterocycles. The van der Waals surface area contributed by atoms with Crippen LogP contribution in [0.25, 0.3) is 10.8 Å². The summed E-state index contributed by atoms with van der Waals surface area (Å²) in [6.07, 6.45) is 5.24. The Morgan fingerprint density at radius 3 is 2.52 bits per heavy atom. The van der Waals surface area contributed by atoms with Gasteiger partial charge in [-0.2, -0.15) is 5.26 Å². The van der Waals surface area contributed by atoms with Crippen molar-refractivity contribution in [2.24, 2.45) is 5.41 Å². The van der Waals surface area contributed by atoms with Crippen LogP contribution in [-0.2, 0) is 22.2 Å². The van der Waals surface area contributed by atoms with Gasteiger partial charge in [-0.05, 0) is 72.7 Å². The Balaban J connectivity index is 1.32. The normalized spacial score (nSPS) is 21.0. The van der Waals surface area contributed by atoms with Crippen molar-refractivity contribution in [3.63, 3.8) is 0 Å². The van der Waals surface area contributed by atoms with Crippen molar-refractivity contribution in [1.82, 2.24) is 4.98 Å². The van der Waals surface area contributed by atoms with Crippen LogP contribution >= 0.6 is 0 Å². The minimum atomic E-state index is -0.904. The SMILES string of the molecule is CC(C)(O)c1ccc(CC(=O)Nc2cc3cc([C@]4(C#N)CC45CC5)ccc3cn2)cc1. The molecule has 0 unspecified atom stereocenters. The summed E-state index contributed by atoms with van der Waals surface area (Å²) in [6, 6.07) is 18.0. The molecule has 2 saturated carbocycles. The van der Waals surface area contributed by atoms with Gasteiger partial charge in [0.15, 0.2) is 0 Å². The standard InChI is InChI=1S/C26H25N3O2/c1-24(2,31)20-6-3-17(4-7-20)11-23(30)29-22-13-19-12-21(8-5-18(19)14-28-22)26(16-27)15-25(26)9-10-25/h3-8,12-14,31H,9-11,15H2,1-2H3,(H,28,29,30)/t26-/m1/s1. The van der Waals surface area contributed by atoms with Gasteiger partial charge in [0.1, 0.15) is 5.82 Å². The van der Waals surface area contributed by atoms with E-state index in [1.807, 2.05) is 36.4 Å². The Morgan fingerprint density at radius 2 is 1.90 bits per heavy atom. The summed E-state index contributed by atoms with van der Waals surface area (Å²) in [4.78, 5) is 16.9. The van der Waals surface area contributed by atoms with Gasteiger partial charge in [0, 0.05) is 11.6 Å². The molecular weight excluding hydrogens is 386 g/mol. The third kappa shape index (κ3) is 3.37. The first kappa shape index (κ1) is 19.7. The van der Waals surface area contributed by atoms with Crippen molar-refractivity contribution in [2.45, 2.75) is 50.5 Å². The maximum absolute atomic E-state index is 12.5. The average Bonchev–Trinajstić information content (AvgIpc) is 3.65. The van der Waals surface area contributed by atoms with Crippen LogP contribution in [0.15, 0.2) is 54.7 Å². The van der Waals surface area contributed by atoms with Gasteiger partial charge in [-0.1, -0.05) is 36.4 Å². The number of pyridine rings is 1. The summed E-state index contributed by atoms with van der Waals surface area (Å²) < 4.78 is 0. The zero-order valence-electron chi connectivity index (χ0n) is 17.8. The van der Waals surface area contributed by atoms with Gasteiger partial charge in [-0.15, -0.1) is 0 Å². The summed E-state index contributed by atoms with van der Waals surface area (Å²) in [5.74, 6) is 0.359. The molecule has 2 N–H and O–H groups in total. The molecule has 0 radical (unpaired) electrons.